The van der Waals surface area contributed by atoms with E-state index in [1.54, 1.807) is 0 Å². The molecule has 2 aromatic rings. The van der Waals surface area contributed by atoms with Crippen LogP contribution in [0, 0.1) is 0 Å². The molecule has 0 aliphatic heterocycles. The van der Waals surface area contributed by atoms with Crippen molar-refractivity contribution in [2.45, 2.75) is 39.0 Å². The fourth-order valence-corrected chi connectivity index (χ4v) is 5.53. The lowest BCUT2D eigenvalue weighted by molar-refractivity contribution is 0.605. The molecular formula is C19H26OP+. The van der Waals surface area contributed by atoms with E-state index in [1.165, 1.54) is 25.7 Å². The monoisotopic (exact) mass is 301 g/mol. The zero-order valence-corrected chi connectivity index (χ0v) is 13.8. The van der Waals surface area contributed by atoms with Crippen LogP contribution in [-0.2, 0) is 0 Å². The molecule has 0 aliphatic carbocycles. The Morgan fingerprint density at radius 1 is 0.714 bits per heavy atom. The summed E-state index contributed by atoms with van der Waals surface area (Å²) in [6, 6.07) is 20.4. The number of hydrogen-bond acceptors (Lipinski definition) is 1. The lowest BCUT2D eigenvalue weighted by Gasteiger charge is -2.20. The van der Waals surface area contributed by atoms with Crippen molar-refractivity contribution in [2.75, 3.05) is 6.16 Å². The molecule has 0 unspecified atom stereocenters. The highest BCUT2D eigenvalue weighted by molar-refractivity contribution is 7.84. The minimum atomic E-state index is -2.22. The number of benzene rings is 2. The first-order chi connectivity index (χ1) is 10.3. The van der Waals surface area contributed by atoms with Crippen LogP contribution in [0.2, 0.25) is 0 Å². The van der Waals surface area contributed by atoms with Gasteiger partial charge in [0.1, 0.15) is 10.6 Å². The zero-order chi connectivity index (χ0) is 15.0. The van der Waals surface area contributed by atoms with Gasteiger partial charge in [-0.2, -0.15) is 0 Å². The maximum atomic E-state index is 11.4. The summed E-state index contributed by atoms with van der Waals surface area (Å²) < 4.78 is 0. The highest BCUT2D eigenvalue weighted by Crippen LogP contribution is 2.52. The average Bonchev–Trinajstić information content (AvgIpc) is 2.56. The Kier molecular flexibility index (Phi) is 6.42. The Morgan fingerprint density at radius 3 is 1.67 bits per heavy atom. The Bertz CT molecular complexity index is 470. The van der Waals surface area contributed by atoms with Crippen LogP contribution in [0.1, 0.15) is 39.0 Å². The van der Waals surface area contributed by atoms with E-state index in [0.717, 1.165) is 23.2 Å². The molecular weight excluding hydrogens is 275 g/mol. The van der Waals surface area contributed by atoms with E-state index in [0.29, 0.717) is 0 Å². The summed E-state index contributed by atoms with van der Waals surface area (Å²) in [7, 11) is -2.22. The average molecular weight is 301 g/mol. The minimum absolute atomic E-state index is 0.894. The molecule has 0 spiro atoms. The summed E-state index contributed by atoms with van der Waals surface area (Å²) in [4.78, 5) is 11.4. The highest BCUT2D eigenvalue weighted by Gasteiger charge is 2.40. The summed E-state index contributed by atoms with van der Waals surface area (Å²) in [6.45, 7) is 2.23. The standard InChI is InChI=1S/C19H26OP/c1-2-3-4-5-12-17-21(20,18-13-8-6-9-14-18)19-15-10-7-11-16-19/h6-11,13-16,20H,2-5,12,17H2,1H3/q+1. The largest absolute Gasteiger partial charge is 0.241 e. The molecule has 2 rings (SSSR count). The van der Waals surface area contributed by atoms with E-state index in [1.807, 2.05) is 36.4 Å². The van der Waals surface area contributed by atoms with Crippen molar-refractivity contribution in [3.63, 3.8) is 0 Å². The SMILES string of the molecule is CCCCCCC[P+](O)(c1ccccc1)c1ccccc1. The predicted octanol–water partition coefficient (Wildman–Crippen LogP) is 4.53. The summed E-state index contributed by atoms with van der Waals surface area (Å²) in [5.41, 5.74) is 0. The summed E-state index contributed by atoms with van der Waals surface area (Å²) in [5.74, 6) is 0. The zero-order valence-electron chi connectivity index (χ0n) is 12.9. The van der Waals surface area contributed by atoms with Gasteiger partial charge in [-0.05, 0) is 37.1 Å². The lowest BCUT2D eigenvalue weighted by atomic mass is 10.2. The Hall–Kier alpha value is -1.17. The fraction of sp³-hybridized carbons (Fsp3) is 0.368. The normalized spacial score (nSPS) is 11.5. The number of unbranched alkanes of at least 4 members (excludes halogenated alkanes) is 4. The second-order valence-corrected chi connectivity index (χ2v) is 8.60. The number of rotatable bonds is 8. The summed E-state index contributed by atoms with van der Waals surface area (Å²) in [6.07, 6.45) is 7.05. The van der Waals surface area contributed by atoms with Crippen LogP contribution in [0.3, 0.4) is 0 Å². The quantitative estimate of drug-likeness (QED) is 0.561. The molecule has 21 heavy (non-hydrogen) atoms. The predicted molar refractivity (Wildman–Crippen MR) is 94.9 cm³/mol. The second kappa shape index (κ2) is 8.32. The Labute approximate surface area is 129 Å². The van der Waals surface area contributed by atoms with Crippen LogP contribution in [0.5, 0.6) is 0 Å². The van der Waals surface area contributed by atoms with Gasteiger partial charge in [-0.3, -0.25) is 0 Å². The second-order valence-electron chi connectivity index (χ2n) is 5.58. The Balaban J connectivity index is 2.15. The Morgan fingerprint density at radius 2 is 1.19 bits per heavy atom. The van der Waals surface area contributed by atoms with Gasteiger partial charge in [0.2, 0.25) is 7.49 Å². The van der Waals surface area contributed by atoms with Crippen molar-refractivity contribution in [1.29, 1.82) is 0 Å². The first-order valence-corrected chi connectivity index (χ1v) is 9.92. The van der Waals surface area contributed by atoms with Gasteiger partial charge >= 0.3 is 0 Å². The maximum absolute atomic E-state index is 11.4. The topological polar surface area (TPSA) is 20.2 Å². The molecule has 0 radical (unpaired) electrons. The first-order valence-electron chi connectivity index (χ1n) is 7.99. The molecule has 0 amide bonds. The van der Waals surface area contributed by atoms with E-state index in [9.17, 15) is 4.89 Å². The van der Waals surface area contributed by atoms with Crippen LogP contribution in [0.15, 0.2) is 60.7 Å². The van der Waals surface area contributed by atoms with E-state index in [-0.39, 0.29) is 0 Å². The molecule has 0 atom stereocenters. The van der Waals surface area contributed by atoms with Gasteiger partial charge in [-0.25, -0.2) is 4.89 Å². The lowest BCUT2D eigenvalue weighted by Crippen LogP contribution is -2.24. The fourth-order valence-electron chi connectivity index (χ4n) is 2.70. The summed E-state index contributed by atoms with van der Waals surface area (Å²) in [5, 5.41) is 2.21. The molecule has 0 saturated heterocycles. The molecule has 1 N–H and O–H groups in total. The van der Waals surface area contributed by atoms with Crippen LogP contribution in [0.25, 0.3) is 0 Å². The van der Waals surface area contributed by atoms with E-state index < -0.39 is 7.49 Å². The van der Waals surface area contributed by atoms with Crippen molar-refractivity contribution in [3.05, 3.63) is 60.7 Å². The molecule has 0 fully saturated rings. The molecule has 2 heteroatoms. The highest BCUT2D eigenvalue weighted by atomic mass is 31.2. The molecule has 0 bridgehead atoms. The van der Waals surface area contributed by atoms with Gasteiger partial charge in [0, 0.05) is 0 Å². The third-order valence-electron chi connectivity index (χ3n) is 3.95. The molecule has 0 heterocycles. The van der Waals surface area contributed by atoms with Crippen molar-refractivity contribution in [2.24, 2.45) is 0 Å². The van der Waals surface area contributed by atoms with Gasteiger partial charge < -0.3 is 0 Å². The molecule has 1 nitrogen and oxygen atoms in total. The smallest absolute Gasteiger partial charge is 0.206 e. The van der Waals surface area contributed by atoms with Crippen LogP contribution < -0.4 is 10.6 Å². The van der Waals surface area contributed by atoms with Crippen molar-refractivity contribution in [3.8, 4) is 0 Å². The van der Waals surface area contributed by atoms with Gasteiger partial charge in [-0.15, -0.1) is 0 Å². The third kappa shape index (κ3) is 4.40. The van der Waals surface area contributed by atoms with E-state index in [2.05, 4.69) is 31.2 Å². The minimum Gasteiger partial charge on any atom is -0.241 e. The van der Waals surface area contributed by atoms with Crippen molar-refractivity contribution < 1.29 is 4.89 Å². The molecule has 0 saturated carbocycles. The molecule has 0 aromatic heterocycles. The molecule has 0 aliphatic rings. The van der Waals surface area contributed by atoms with E-state index in [4.69, 9.17) is 0 Å². The van der Waals surface area contributed by atoms with Gasteiger partial charge in [-0.1, -0.05) is 62.6 Å². The van der Waals surface area contributed by atoms with Crippen LogP contribution >= 0.6 is 7.49 Å². The van der Waals surface area contributed by atoms with Gasteiger partial charge in [0.05, 0.1) is 6.16 Å². The van der Waals surface area contributed by atoms with Gasteiger partial charge in [0.15, 0.2) is 0 Å². The third-order valence-corrected chi connectivity index (χ3v) is 7.22. The van der Waals surface area contributed by atoms with E-state index >= 15 is 0 Å². The van der Waals surface area contributed by atoms with Crippen molar-refractivity contribution in [1.82, 2.24) is 0 Å². The van der Waals surface area contributed by atoms with Crippen LogP contribution in [0.4, 0.5) is 0 Å². The van der Waals surface area contributed by atoms with Crippen molar-refractivity contribution >= 4 is 18.1 Å². The summed E-state index contributed by atoms with van der Waals surface area (Å²) >= 11 is 0. The van der Waals surface area contributed by atoms with Gasteiger partial charge in [0.25, 0.3) is 0 Å². The number of hydrogen-bond donors (Lipinski definition) is 1. The molecule has 2 aromatic carbocycles. The molecule has 112 valence electrons. The maximum Gasteiger partial charge on any atom is 0.206 e. The van der Waals surface area contributed by atoms with Crippen LogP contribution in [-0.4, -0.2) is 11.1 Å². The first kappa shape index (κ1) is 16.2.